The van der Waals surface area contributed by atoms with E-state index in [1.54, 1.807) is 0 Å². The minimum Gasteiger partial charge on any atom is -0.314 e. The van der Waals surface area contributed by atoms with Gasteiger partial charge in [-0.25, -0.2) is 0 Å². The van der Waals surface area contributed by atoms with Crippen LogP contribution in [-0.4, -0.2) is 36.1 Å². The van der Waals surface area contributed by atoms with Gasteiger partial charge in [-0.05, 0) is 39.2 Å². The van der Waals surface area contributed by atoms with Crippen LogP contribution in [0.5, 0.6) is 0 Å². The molecule has 0 amide bonds. The lowest BCUT2D eigenvalue weighted by Crippen LogP contribution is -2.51. The van der Waals surface area contributed by atoms with Gasteiger partial charge in [-0.1, -0.05) is 27.2 Å². The Morgan fingerprint density at radius 2 is 2.06 bits per heavy atom. The Hall–Kier alpha value is -0.0800. The second-order valence-corrected chi connectivity index (χ2v) is 5.22. The zero-order chi connectivity index (χ0) is 12.0. The fourth-order valence-electron chi connectivity index (χ4n) is 3.14. The normalized spacial score (nSPS) is 29.2. The van der Waals surface area contributed by atoms with Crippen molar-refractivity contribution < 1.29 is 0 Å². The van der Waals surface area contributed by atoms with Gasteiger partial charge in [-0.15, -0.1) is 0 Å². The summed E-state index contributed by atoms with van der Waals surface area (Å²) in [5.41, 5.74) is 0. The molecule has 3 atom stereocenters. The van der Waals surface area contributed by atoms with E-state index >= 15 is 0 Å². The lowest BCUT2D eigenvalue weighted by molar-refractivity contribution is 0.0807. The van der Waals surface area contributed by atoms with Crippen molar-refractivity contribution in [2.45, 2.75) is 77.9 Å². The molecular formula is C14H30N2. The van der Waals surface area contributed by atoms with Crippen LogP contribution < -0.4 is 5.32 Å². The van der Waals surface area contributed by atoms with E-state index in [4.69, 9.17) is 0 Å². The van der Waals surface area contributed by atoms with E-state index in [9.17, 15) is 0 Å². The molecule has 1 aliphatic rings. The van der Waals surface area contributed by atoms with Gasteiger partial charge in [0, 0.05) is 24.7 Å². The zero-order valence-corrected chi connectivity index (χ0v) is 11.6. The Morgan fingerprint density at radius 1 is 1.31 bits per heavy atom. The Labute approximate surface area is 102 Å². The summed E-state index contributed by atoms with van der Waals surface area (Å²) >= 11 is 0. The van der Waals surface area contributed by atoms with Gasteiger partial charge in [-0.3, -0.25) is 4.90 Å². The lowest BCUT2D eigenvalue weighted by Gasteiger charge is -2.42. The average Bonchev–Trinajstić information content (AvgIpc) is 2.27. The maximum Gasteiger partial charge on any atom is 0.00953 e. The molecule has 0 bridgehead atoms. The molecule has 1 heterocycles. The summed E-state index contributed by atoms with van der Waals surface area (Å²) in [4.78, 5) is 2.75. The number of hydrogen-bond donors (Lipinski definition) is 1. The monoisotopic (exact) mass is 226 g/mol. The van der Waals surface area contributed by atoms with E-state index in [0.29, 0.717) is 0 Å². The van der Waals surface area contributed by atoms with E-state index in [0.717, 1.165) is 24.7 Å². The van der Waals surface area contributed by atoms with Crippen molar-refractivity contribution in [3.8, 4) is 0 Å². The molecule has 2 heteroatoms. The fourth-order valence-corrected chi connectivity index (χ4v) is 3.14. The van der Waals surface area contributed by atoms with E-state index in [1.807, 2.05) is 0 Å². The molecule has 3 unspecified atom stereocenters. The van der Waals surface area contributed by atoms with Crippen LogP contribution >= 0.6 is 0 Å². The summed E-state index contributed by atoms with van der Waals surface area (Å²) in [5.74, 6) is 0. The quantitative estimate of drug-likeness (QED) is 0.749. The Kier molecular flexibility index (Phi) is 6.37. The minimum atomic E-state index is 0.759. The van der Waals surface area contributed by atoms with Gasteiger partial charge in [0.15, 0.2) is 0 Å². The SMILES string of the molecule is CCCC(CC)N1CCC(NCC)CC1C. The van der Waals surface area contributed by atoms with Crippen LogP contribution in [0.1, 0.15) is 59.8 Å². The first-order valence-electron chi connectivity index (χ1n) is 7.21. The topological polar surface area (TPSA) is 15.3 Å². The number of nitrogens with zero attached hydrogens (tertiary/aromatic N) is 1. The average molecular weight is 226 g/mol. The first kappa shape index (κ1) is 14.0. The third-order valence-corrected chi connectivity index (χ3v) is 3.98. The summed E-state index contributed by atoms with van der Waals surface area (Å²) in [6, 6.07) is 2.34. The first-order valence-corrected chi connectivity index (χ1v) is 7.21. The van der Waals surface area contributed by atoms with Crippen LogP contribution in [0.2, 0.25) is 0 Å². The number of rotatable bonds is 6. The summed E-state index contributed by atoms with van der Waals surface area (Å²) in [6.07, 6.45) is 6.65. The number of piperidine rings is 1. The summed E-state index contributed by atoms with van der Waals surface area (Å²) in [5, 5.41) is 3.60. The predicted molar refractivity (Wildman–Crippen MR) is 71.9 cm³/mol. The van der Waals surface area contributed by atoms with Gasteiger partial charge in [0.25, 0.3) is 0 Å². The molecule has 96 valence electrons. The van der Waals surface area contributed by atoms with Crippen LogP contribution in [0, 0.1) is 0 Å². The minimum absolute atomic E-state index is 0.759. The largest absolute Gasteiger partial charge is 0.314 e. The highest BCUT2D eigenvalue weighted by atomic mass is 15.2. The maximum atomic E-state index is 3.60. The summed E-state index contributed by atoms with van der Waals surface area (Å²) < 4.78 is 0. The third-order valence-electron chi connectivity index (χ3n) is 3.98. The molecule has 1 N–H and O–H groups in total. The summed E-state index contributed by atoms with van der Waals surface area (Å²) in [6.45, 7) is 11.7. The van der Waals surface area contributed by atoms with Gasteiger partial charge in [-0.2, -0.15) is 0 Å². The van der Waals surface area contributed by atoms with Crippen molar-refractivity contribution in [1.29, 1.82) is 0 Å². The predicted octanol–water partition coefficient (Wildman–Crippen LogP) is 3.03. The van der Waals surface area contributed by atoms with E-state index < -0.39 is 0 Å². The number of hydrogen-bond acceptors (Lipinski definition) is 2. The second-order valence-electron chi connectivity index (χ2n) is 5.22. The van der Waals surface area contributed by atoms with Crippen molar-refractivity contribution in [3.63, 3.8) is 0 Å². The molecule has 2 nitrogen and oxygen atoms in total. The third kappa shape index (κ3) is 3.74. The standard InChI is InChI=1S/C14H30N2/c1-5-8-14(6-2)16-10-9-13(15-7-3)11-12(16)4/h12-15H,5-11H2,1-4H3. The Morgan fingerprint density at radius 3 is 2.56 bits per heavy atom. The molecule has 1 aliphatic heterocycles. The molecule has 1 saturated heterocycles. The fraction of sp³-hybridized carbons (Fsp3) is 1.00. The molecule has 0 radical (unpaired) electrons. The molecule has 0 aromatic carbocycles. The van der Waals surface area contributed by atoms with Crippen LogP contribution in [-0.2, 0) is 0 Å². The molecule has 16 heavy (non-hydrogen) atoms. The first-order chi connectivity index (χ1) is 7.72. The molecule has 0 saturated carbocycles. The Bertz CT molecular complexity index is 182. The molecule has 0 aliphatic carbocycles. The number of likely N-dealkylation sites (tertiary alicyclic amines) is 1. The van der Waals surface area contributed by atoms with Gasteiger partial charge in [0.05, 0.1) is 0 Å². The van der Waals surface area contributed by atoms with E-state index in [1.165, 1.54) is 38.6 Å². The second kappa shape index (κ2) is 7.29. The molecule has 0 aromatic rings. The van der Waals surface area contributed by atoms with Crippen LogP contribution in [0.3, 0.4) is 0 Å². The van der Waals surface area contributed by atoms with E-state index in [2.05, 4.69) is 37.9 Å². The van der Waals surface area contributed by atoms with Crippen LogP contribution in [0.15, 0.2) is 0 Å². The molecule has 1 rings (SSSR count). The van der Waals surface area contributed by atoms with Gasteiger partial charge in [0.2, 0.25) is 0 Å². The molecule has 1 fully saturated rings. The highest BCUT2D eigenvalue weighted by Crippen LogP contribution is 2.23. The van der Waals surface area contributed by atoms with Gasteiger partial charge < -0.3 is 5.32 Å². The highest BCUT2D eigenvalue weighted by molar-refractivity contribution is 4.86. The molecule has 0 aromatic heterocycles. The van der Waals surface area contributed by atoms with Crippen molar-refractivity contribution in [3.05, 3.63) is 0 Å². The molecular weight excluding hydrogens is 196 g/mol. The smallest absolute Gasteiger partial charge is 0.00953 e. The molecule has 0 spiro atoms. The van der Waals surface area contributed by atoms with Crippen molar-refractivity contribution in [1.82, 2.24) is 10.2 Å². The van der Waals surface area contributed by atoms with Crippen molar-refractivity contribution in [2.75, 3.05) is 13.1 Å². The van der Waals surface area contributed by atoms with Crippen LogP contribution in [0.25, 0.3) is 0 Å². The highest BCUT2D eigenvalue weighted by Gasteiger charge is 2.28. The van der Waals surface area contributed by atoms with Gasteiger partial charge in [0.1, 0.15) is 0 Å². The number of nitrogens with one attached hydrogen (secondary N) is 1. The Balaban J connectivity index is 2.44. The lowest BCUT2D eigenvalue weighted by atomic mass is 9.94. The maximum absolute atomic E-state index is 3.60. The van der Waals surface area contributed by atoms with Crippen LogP contribution in [0.4, 0.5) is 0 Å². The van der Waals surface area contributed by atoms with Gasteiger partial charge >= 0.3 is 0 Å². The zero-order valence-electron chi connectivity index (χ0n) is 11.6. The van der Waals surface area contributed by atoms with Crippen molar-refractivity contribution >= 4 is 0 Å². The summed E-state index contributed by atoms with van der Waals surface area (Å²) in [7, 11) is 0. The van der Waals surface area contributed by atoms with Crippen molar-refractivity contribution in [2.24, 2.45) is 0 Å². The van der Waals surface area contributed by atoms with E-state index in [-0.39, 0.29) is 0 Å².